The molecule has 0 radical (unpaired) electrons. The van der Waals surface area contributed by atoms with Crippen molar-refractivity contribution in [1.82, 2.24) is 4.90 Å². The van der Waals surface area contributed by atoms with Crippen LogP contribution in [0.1, 0.15) is 43.2 Å². The van der Waals surface area contributed by atoms with E-state index in [-0.39, 0.29) is 18.2 Å². The van der Waals surface area contributed by atoms with Crippen molar-refractivity contribution < 1.29 is 19.1 Å². The maximum absolute atomic E-state index is 12.9. The van der Waals surface area contributed by atoms with Gasteiger partial charge in [-0.15, -0.1) is 0 Å². The monoisotopic (exact) mass is 385 g/mol. The first-order chi connectivity index (χ1) is 13.4. The molecule has 0 bridgehead atoms. The van der Waals surface area contributed by atoms with Crippen molar-refractivity contribution in [1.29, 1.82) is 0 Å². The van der Waals surface area contributed by atoms with Crippen LogP contribution < -0.4 is 10.4 Å². The Hall–Kier alpha value is -2.34. The van der Waals surface area contributed by atoms with Gasteiger partial charge in [0.05, 0.1) is 24.7 Å². The zero-order valence-electron chi connectivity index (χ0n) is 16.5. The predicted molar refractivity (Wildman–Crippen MR) is 106 cm³/mol. The van der Waals surface area contributed by atoms with E-state index < -0.39 is 11.2 Å². The third-order valence-corrected chi connectivity index (χ3v) is 6.60. The molecule has 6 heteroatoms. The summed E-state index contributed by atoms with van der Waals surface area (Å²) in [6.07, 6.45) is 4.60. The molecule has 2 aromatic rings. The second-order valence-electron chi connectivity index (χ2n) is 8.17. The van der Waals surface area contributed by atoms with Crippen LogP contribution in [0.2, 0.25) is 0 Å². The van der Waals surface area contributed by atoms with Crippen LogP contribution in [0.15, 0.2) is 27.4 Å². The maximum Gasteiger partial charge on any atom is 0.340 e. The second-order valence-corrected chi connectivity index (χ2v) is 8.17. The highest BCUT2D eigenvalue weighted by atomic mass is 16.5. The zero-order valence-corrected chi connectivity index (χ0v) is 16.5. The normalized spacial score (nSPS) is 24.8. The molecule has 2 aliphatic rings. The molecular formula is C22H27NO5. The molecule has 1 aromatic carbocycles. The molecule has 1 amide bonds. The molecule has 1 saturated carbocycles. The van der Waals surface area contributed by atoms with Crippen molar-refractivity contribution in [3.05, 3.63) is 39.7 Å². The van der Waals surface area contributed by atoms with E-state index in [4.69, 9.17) is 9.15 Å². The number of aryl methyl sites for hydroxylation is 1. The molecule has 6 nitrogen and oxygen atoms in total. The molecular weight excluding hydrogens is 358 g/mol. The van der Waals surface area contributed by atoms with Gasteiger partial charge in [-0.3, -0.25) is 4.79 Å². The first-order valence-corrected chi connectivity index (χ1v) is 10.0. The number of benzene rings is 1. The van der Waals surface area contributed by atoms with Crippen molar-refractivity contribution in [3.63, 3.8) is 0 Å². The number of ether oxygens (including phenoxy) is 1. The Balaban J connectivity index is 1.56. The van der Waals surface area contributed by atoms with Crippen LogP contribution in [-0.4, -0.2) is 41.7 Å². The van der Waals surface area contributed by atoms with Crippen LogP contribution in [0.5, 0.6) is 5.75 Å². The van der Waals surface area contributed by atoms with E-state index in [0.29, 0.717) is 36.4 Å². The Kier molecular flexibility index (Phi) is 4.91. The number of carbonyl (C=O) groups is 1. The number of carbonyl (C=O) groups excluding carboxylic acids is 1. The van der Waals surface area contributed by atoms with Gasteiger partial charge in [0.2, 0.25) is 5.91 Å². The van der Waals surface area contributed by atoms with Crippen LogP contribution in [-0.2, 0) is 11.2 Å². The molecule has 1 aromatic heterocycles. The summed E-state index contributed by atoms with van der Waals surface area (Å²) in [5, 5.41) is 11.6. The van der Waals surface area contributed by atoms with Gasteiger partial charge in [-0.1, -0.05) is 12.8 Å². The Bertz CT molecular complexity index is 965. The number of hydrogen-bond acceptors (Lipinski definition) is 5. The van der Waals surface area contributed by atoms with Crippen molar-refractivity contribution in [2.24, 2.45) is 5.92 Å². The van der Waals surface area contributed by atoms with Crippen LogP contribution in [0.3, 0.4) is 0 Å². The number of piperidine rings is 1. The molecule has 1 saturated heterocycles. The van der Waals surface area contributed by atoms with E-state index >= 15 is 0 Å². The third-order valence-electron chi connectivity index (χ3n) is 6.60. The maximum atomic E-state index is 12.9. The molecule has 2 heterocycles. The van der Waals surface area contributed by atoms with Gasteiger partial charge in [0.1, 0.15) is 11.3 Å². The van der Waals surface area contributed by atoms with Gasteiger partial charge >= 0.3 is 5.63 Å². The molecule has 2 unspecified atom stereocenters. The predicted octanol–water partition coefficient (Wildman–Crippen LogP) is 2.81. The summed E-state index contributed by atoms with van der Waals surface area (Å²) >= 11 is 0. The zero-order chi connectivity index (χ0) is 19.9. The highest BCUT2D eigenvalue weighted by molar-refractivity contribution is 5.85. The lowest BCUT2D eigenvalue weighted by Gasteiger charge is -2.47. The summed E-state index contributed by atoms with van der Waals surface area (Å²) in [5.41, 5.74) is 0.549. The fourth-order valence-electron chi connectivity index (χ4n) is 4.77. The molecule has 1 aliphatic carbocycles. The lowest BCUT2D eigenvalue weighted by Crippen LogP contribution is -2.55. The number of likely N-dealkylation sites (tertiary alicyclic amines) is 1. The minimum atomic E-state index is -0.619. The van der Waals surface area contributed by atoms with Crippen molar-refractivity contribution in [3.8, 4) is 5.75 Å². The molecule has 1 N–H and O–H groups in total. The number of rotatable bonds is 3. The number of nitrogens with zero attached hydrogens (tertiary/aromatic N) is 1. The standard InChI is InChI=1S/C22H27NO5/c1-14-17-7-6-16(27-2)11-19(17)28-21(25)18(14)12-20(24)23-10-9-22(26)8-4-3-5-15(22)13-23/h6-7,11,15,26H,3-5,8-10,12-13H2,1-2H3. The van der Waals surface area contributed by atoms with Gasteiger partial charge in [0.15, 0.2) is 0 Å². The van der Waals surface area contributed by atoms with Gasteiger partial charge in [-0.05, 0) is 43.9 Å². The largest absolute Gasteiger partial charge is 0.497 e. The molecule has 2 atom stereocenters. The highest BCUT2D eigenvalue weighted by Gasteiger charge is 2.43. The number of methoxy groups -OCH3 is 1. The smallest absolute Gasteiger partial charge is 0.340 e. The fraction of sp³-hybridized carbons (Fsp3) is 0.545. The summed E-state index contributed by atoms with van der Waals surface area (Å²) in [7, 11) is 1.56. The molecule has 1 aliphatic heterocycles. The van der Waals surface area contributed by atoms with Crippen molar-refractivity contribution >= 4 is 16.9 Å². The summed E-state index contributed by atoms with van der Waals surface area (Å²) in [4.78, 5) is 27.3. The van der Waals surface area contributed by atoms with Gasteiger partial charge in [0, 0.05) is 30.5 Å². The van der Waals surface area contributed by atoms with E-state index in [0.717, 1.165) is 36.6 Å². The number of amides is 1. The highest BCUT2D eigenvalue weighted by Crippen LogP contribution is 2.39. The molecule has 150 valence electrons. The van der Waals surface area contributed by atoms with Gasteiger partial charge in [-0.25, -0.2) is 4.79 Å². The second kappa shape index (κ2) is 7.24. The average Bonchev–Trinajstić information content (AvgIpc) is 2.69. The summed E-state index contributed by atoms with van der Waals surface area (Å²) in [6, 6.07) is 5.35. The number of fused-ring (bicyclic) bond motifs is 2. The Morgan fingerprint density at radius 2 is 2.18 bits per heavy atom. The van der Waals surface area contributed by atoms with Crippen molar-refractivity contribution in [2.75, 3.05) is 20.2 Å². The first-order valence-electron chi connectivity index (χ1n) is 10.0. The minimum absolute atomic E-state index is 0.0291. The summed E-state index contributed by atoms with van der Waals surface area (Å²) in [5.74, 6) is 0.684. The summed E-state index contributed by atoms with van der Waals surface area (Å²) in [6.45, 7) is 2.97. The van der Waals surface area contributed by atoms with Crippen molar-refractivity contribution in [2.45, 2.75) is 51.0 Å². The van der Waals surface area contributed by atoms with Crippen LogP contribution >= 0.6 is 0 Å². The van der Waals surface area contributed by atoms with Gasteiger partial charge < -0.3 is 19.2 Å². The Morgan fingerprint density at radius 1 is 1.36 bits per heavy atom. The Morgan fingerprint density at radius 3 is 2.96 bits per heavy atom. The van der Waals surface area contributed by atoms with Crippen LogP contribution in [0.25, 0.3) is 11.0 Å². The fourth-order valence-corrected chi connectivity index (χ4v) is 4.77. The van der Waals surface area contributed by atoms with E-state index in [9.17, 15) is 14.7 Å². The van der Waals surface area contributed by atoms with Gasteiger partial charge in [0.25, 0.3) is 0 Å². The summed E-state index contributed by atoms with van der Waals surface area (Å²) < 4.78 is 10.6. The van der Waals surface area contributed by atoms with E-state index in [2.05, 4.69) is 0 Å². The van der Waals surface area contributed by atoms with E-state index in [1.165, 1.54) is 0 Å². The molecule has 0 spiro atoms. The molecule has 28 heavy (non-hydrogen) atoms. The SMILES string of the molecule is COc1ccc2c(C)c(CC(=O)N3CCC4(O)CCCCC4C3)c(=O)oc2c1. The van der Waals surface area contributed by atoms with E-state index in [1.54, 1.807) is 13.2 Å². The van der Waals surface area contributed by atoms with Crippen LogP contribution in [0, 0.1) is 12.8 Å². The number of aliphatic hydroxyl groups is 1. The molecule has 2 fully saturated rings. The topological polar surface area (TPSA) is 80.0 Å². The average molecular weight is 385 g/mol. The van der Waals surface area contributed by atoms with Crippen LogP contribution in [0.4, 0.5) is 0 Å². The minimum Gasteiger partial charge on any atom is -0.497 e. The Labute approximate surface area is 164 Å². The lowest BCUT2D eigenvalue weighted by molar-refractivity contribution is -0.142. The quantitative estimate of drug-likeness (QED) is 0.822. The number of hydrogen-bond donors (Lipinski definition) is 1. The van der Waals surface area contributed by atoms with E-state index in [1.807, 2.05) is 24.0 Å². The third kappa shape index (κ3) is 3.30. The van der Waals surface area contributed by atoms with Gasteiger partial charge in [-0.2, -0.15) is 0 Å². The first kappa shape index (κ1) is 19.0. The lowest BCUT2D eigenvalue weighted by atomic mass is 9.71. The molecule has 4 rings (SSSR count).